The molecule has 0 bridgehead atoms. The van der Waals surface area contributed by atoms with Crippen LogP contribution in [0.25, 0.3) is 21.4 Å². The normalized spacial score (nSPS) is 18.7. The molecule has 2 atom stereocenters. The van der Waals surface area contributed by atoms with Crippen LogP contribution in [-0.2, 0) is 0 Å². The van der Waals surface area contributed by atoms with E-state index in [1.807, 2.05) is 25.2 Å². The summed E-state index contributed by atoms with van der Waals surface area (Å²) in [6, 6.07) is 16.0. The molecule has 7 nitrogen and oxygen atoms in total. The van der Waals surface area contributed by atoms with E-state index in [4.69, 9.17) is 16.3 Å². The SMILES string of the molecule is [C-]#[N+]c1cc(C2CN(C)c3ccccc32)c2nc(C3CCCN3)n(-c3ccc(OC)c(F)c3)c(=O)c2c1. The minimum atomic E-state index is -0.557. The summed E-state index contributed by atoms with van der Waals surface area (Å²) in [5.74, 6) is 0.0678. The third kappa shape index (κ3) is 3.74. The summed E-state index contributed by atoms with van der Waals surface area (Å²) in [5.41, 5.74) is 4.19. The summed E-state index contributed by atoms with van der Waals surface area (Å²) in [4.78, 5) is 25.1. The van der Waals surface area contributed by atoms with Crippen LogP contribution in [0.5, 0.6) is 5.75 Å². The molecule has 1 aromatic heterocycles. The van der Waals surface area contributed by atoms with Crippen molar-refractivity contribution in [1.29, 1.82) is 0 Å². The number of rotatable bonds is 4. The summed E-state index contributed by atoms with van der Waals surface area (Å²) >= 11 is 0. The highest BCUT2D eigenvalue weighted by Gasteiger charge is 2.31. The molecule has 8 heteroatoms. The van der Waals surface area contributed by atoms with Crippen molar-refractivity contribution in [2.45, 2.75) is 24.8 Å². The van der Waals surface area contributed by atoms with Gasteiger partial charge in [-0.2, -0.15) is 0 Å². The van der Waals surface area contributed by atoms with Crippen molar-refractivity contribution < 1.29 is 9.13 Å². The lowest BCUT2D eigenvalue weighted by Crippen LogP contribution is -2.29. The number of para-hydroxylation sites is 1. The highest BCUT2D eigenvalue weighted by molar-refractivity contribution is 5.87. The number of methoxy groups -OCH3 is 1. The lowest BCUT2D eigenvalue weighted by molar-refractivity contribution is 0.386. The first-order valence-corrected chi connectivity index (χ1v) is 12.4. The first-order valence-electron chi connectivity index (χ1n) is 12.4. The average molecular weight is 496 g/mol. The van der Waals surface area contributed by atoms with Crippen molar-refractivity contribution in [3.05, 3.63) is 99.1 Å². The maximum Gasteiger partial charge on any atom is 0.264 e. The number of hydrogen-bond acceptors (Lipinski definition) is 5. The first kappa shape index (κ1) is 23.2. The predicted octanol–water partition coefficient (Wildman–Crippen LogP) is 5.09. The summed E-state index contributed by atoms with van der Waals surface area (Å²) in [5, 5.41) is 3.80. The Labute approximate surface area is 214 Å². The lowest BCUT2D eigenvalue weighted by atomic mass is 9.91. The Kier molecular flexibility index (Phi) is 5.65. The third-order valence-corrected chi connectivity index (χ3v) is 7.46. The Morgan fingerprint density at radius 3 is 2.73 bits per heavy atom. The van der Waals surface area contributed by atoms with E-state index in [0.29, 0.717) is 28.1 Å². The monoisotopic (exact) mass is 495 g/mol. The number of hydrogen-bond donors (Lipinski definition) is 1. The molecule has 2 aliphatic rings. The van der Waals surface area contributed by atoms with E-state index in [0.717, 1.165) is 42.7 Å². The van der Waals surface area contributed by atoms with Gasteiger partial charge >= 0.3 is 0 Å². The number of anilines is 1. The van der Waals surface area contributed by atoms with Gasteiger partial charge in [0.15, 0.2) is 17.3 Å². The standard InChI is InChI=1S/C29H26FN5O2/c1-31-17-13-20(22-16-34(2)25-9-5-4-7-19(22)25)27-21(14-17)29(36)35(28(33-27)24-8-6-12-32-24)18-10-11-26(37-3)23(30)15-18/h4-5,7,9-11,13-15,22,24,32H,6,8,12,16H2,2-3H3. The molecule has 0 amide bonds. The molecule has 0 spiro atoms. The van der Waals surface area contributed by atoms with Crippen LogP contribution in [0.3, 0.4) is 0 Å². The van der Waals surface area contributed by atoms with Gasteiger partial charge in [0.25, 0.3) is 5.56 Å². The van der Waals surface area contributed by atoms with Crippen molar-refractivity contribution in [2.75, 3.05) is 32.1 Å². The Balaban J connectivity index is 1.65. The van der Waals surface area contributed by atoms with Gasteiger partial charge in [-0.15, -0.1) is 0 Å². The molecule has 2 aliphatic heterocycles. The second-order valence-corrected chi connectivity index (χ2v) is 9.61. The van der Waals surface area contributed by atoms with Gasteiger partial charge in [0, 0.05) is 31.3 Å². The molecule has 0 aliphatic carbocycles. The van der Waals surface area contributed by atoms with Crippen molar-refractivity contribution in [1.82, 2.24) is 14.9 Å². The van der Waals surface area contributed by atoms with Gasteiger partial charge < -0.3 is 15.0 Å². The molecule has 1 fully saturated rings. The molecule has 1 N–H and O–H groups in total. The Bertz CT molecular complexity index is 1630. The highest BCUT2D eigenvalue weighted by atomic mass is 19.1. The zero-order chi connectivity index (χ0) is 25.7. The number of fused-ring (bicyclic) bond motifs is 2. The fourth-order valence-corrected chi connectivity index (χ4v) is 5.70. The van der Waals surface area contributed by atoms with Crippen LogP contribution in [0.2, 0.25) is 0 Å². The maximum absolute atomic E-state index is 14.7. The van der Waals surface area contributed by atoms with Crippen LogP contribution in [-0.4, -0.2) is 36.8 Å². The number of benzene rings is 3. The summed E-state index contributed by atoms with van der Waals surface area (Å²) in [7, 11) is 3.45. The molecule has 0 saturated carbocycles. The summed E-state index contributed by atoms with van der Waals surface area (Å²) in [6.07, 6.45) is 1.78. The predicted molar refractivity (Wildman–Crippen MR) is 142 cm³/mol. The van der Waals surface area contributed by atoms with Crippen molar-refractivity contribution in [2.24, 2.45) is 0 Å². The van der Waals surface area contributed by atoms with Gasteiger partial charge in [-0.1, -0.05) is 24.3 Å². The molecule has 0 radical (unpaired) electrons. The summed E-state index contributed by atoms with van der Waals surface area (Å²) < 4.78 is 21.3. The second-order valence-electron chi connectivity index (χ2n) is 9.61. The van der Waals surface area contributed by atoms with E-state index in [2.05, 4.69) is 27.2 Å². The van der Waals surface area contributed by atoms with Gasteiger partial charge in [-0.25, -0.2) is 14.2 Å². The van der Waals surface area contributed by atoms with Crippen LogP contribution >= 0.6 is 0 Å². The topological polar surface area (TPSA) is 63.8 Å². The molecule has 3 aromatic carbocycles. The average Bonchev–Trinajstić information content (AvgIpc) is 3.57. The number of halogens is 1. The number of nitrogens with one attached hydrogen (secondary N) is 1. The van der Waals surface area contributed by atoms with Gasteiger partial charge in [-0.3, -0.25) is 9.36 Å². The molecular weight excluding hydrogens is 469 g/mol. The Morgan fingerprint density at radius 2 is 2.00 bits per heavy atom. The lowest BCUT2D eigenvalue weighted by Gasteiger charge is -2.21. The van der Waals surface area contributed by atoms with Crippen molar-refractivity contribution in [3.8, 4) is 11.4 Å². The van der Waals surface area contributed by atoms with Gasteiger partial charge in [0.05, 0.1) is 36.3 Å². The molecule has 186 valence electrons. The van der Waals surface area contributed by atoms with Gasteiger partial charge in [-0.05, 0) is 54.8 Å². The van der Waals surface area contributed by atoms with E-state index in [1.54, 1.807) is 12.1 Å². The van der Waals surface area contributed by atoms with E-state index in [-0.39, 0.29) is 23.3 Å². The van der Waals surface area contributed by atoms with Gasteiger partial charge in [0.2, 0.25) is 0 Å². The van der Waals surface area contributed by atoms with Gasteiger partial charge in [0.1, 0.15) is 5.82 Å². The smallest absolute Gasteiger partial charge is 0.264 e. The molecule has 1 saturated heterocycles. The zero-order valence-electron chi connectivity index (χ0n) is 20.7. The van der Waals surface area contributed by atoms with E-state index < -0.39 is 5.82 Å². The number of likely N-dealkylation sites (N-methyl/N-ethyl adjacent to an activating group) is 1. The van der Waals surface area contributed by atoms with E-state index in [9.17, 15) is 9.18 Å². The van der Waals surface area contributed by atoms with Crippen LogP contribution in [0.15, 0.2) is 59.4 Å². The first-order chi connectivity index (χ1) is 18.0. The van der Waals surface area contributed by atoms with Crippen LogP contribution in [0, 0.1) is 12.4 Å². The molecule has 2 unspecified atom stereocenters. The Morgan fingerprint density at radius 1 is 1.16 bits per heavy atom. The number of aromatic nitrogens is 2. The highest BCUT2D eigenvalue weighted by Crippen LogP contribution is 2.42. The molecule has 6 rings (SSSR count). The van der Waals surface area contributed by atoms with Crippen LogP contribution in [0.1, 0.15) is 41.8 Å². The molecule has 37 heavy (non-hydrogen) atoms. The quantitative estimate of drug-likeness (QED) is 0.400. The van der Waals surface area contributed by atoms with E-state index in [1.165, 1.54) is 23.8 Å². The van der Waals surface area contributed by atoms with Crippen LogP contribution in [0.4, 0.5) is 15.8 Å². The maximum atomic E-state index is 14.7. The zero-order valence-corrected chi connectivity index (χ0v) is 20.7. The van der Waals surface area contributed by atoms with E-state index >= 15 is 0 Å². The molecule has 4 aromatic rings. The molecule has 3 heterocycles. The minimum absolute atomic E-state index is 0.0315. The Hall–Kier alpha value is -4.22. The van der Waals surface area contributed by atoms with Crippen molar-refractivity contribution in [3.63, 3.8) is 0 Å². The second kappa shape index (κ2) is 9.02. The van der Waals surface area contributed by atoms with Crippen LogP contribution < -0.4 is 20.5 Å². The largest absolute Gasteiger partial charge is 0.494 e. The number of nitrogens with zero attached hydrogens (tertiary/aromatic N) is 4. The van der Waals surface area contributed by atoms with Crippen molar-refractivity contribution >= 4 is 22.3 Å². The fraction of sp³-hybridized carbons (Fsp3) is 0.276. The minimum Gasteiger partial charge on any atom is -0.494 e. The third-order valence-electron chi connectivity index (χ3n) is 7.46. The fourth-order valence-electron chi connectivity index (χ4n) is 5.70. The summed E-state index contributed by atoms with van der Waals surface area (Å²) in [6.45, 7) is 9.27. The molecular formula is C29H26FN5O2. The number of ether oxygens (including phenoxy) is 1.